The summed E-state index contributed by atoms with van der Waals surface area (Å²) in [7, 11) is 0. The molecule has 0 aliphatic carbocycles. The van der Waals surface area contributed by atoms with Gasteiger partial charge in [-0.25, -0.2) is 0 Å². The zero-order valence-corrected chi connectivity index (χ0v) is 16.0. The van der Waals surface area contributed by atoms with Crippen molar-refractivity contribution >= 4 is 35.6 Å². The summed E-state index contributed by atoms with van der Waals surface area (Å²) in [5.41, 5.74) is 6.51. The third-order valence-corrected chi connectivity index (χ3v) is 4.79. The van der Waals surface area contributed by atoms with Crippen molar-refractivity contribution < 1.29 is 9.26 Å². The molecule has 0 unspecified atom stereocenters. The Kier molecular flexibility index (Phi) is 7.93. The first-order valence-electron chi connectivity index (χ1n) is 7.93. The maximum Gasteiger partial charge on any atom is 0.240 e. The van der Waals surface area contributed by atoms with Crippen LogP contribution in [-0.2, 0) is 24.4 Å². The van der Waals surface area contributed by atoms with Crippen LogP contribution in [0.1, 0.15) is 30.1 Å². The lowest BCUT2D eigenvalue weighted by molar-refractivity contribution is -0.00446. The molecule has 2 N–H and O–H groups in total. The fourth-order valence-electron chi connectivity index (χ4n) is 2.71. The van der Waals surface area contributed by atoms with E-state index >= 15 is 0 Å². The number of rotatable bonds is 6. The van der Waals surface area contributed by atoms with Gasteiger partial charge in [-0.1, -0.05) is 34.4 Å². The van der Waals surface area contributed by atoms with Crippen LogP contribution in [0.2, 0.25) is 10.0 Å². The molecule has 1 aliphatic rings. The minimum Gasteiger partial charge on any atom is -0.373 e. The number of benzene rings is 1. The smallest absolute Gasteiger partial charge is 0.240 e. The Morgan fingerprint density at radius 3 is 2.64 bits per heavy atom. The summed E-state index contributed by atoms with van der Waals surface area (Å²) in [6.07, 6.45) is 2.20. The predicted octanol–water partition coefficient (Wildman–Crippen LogP) is 3.44. The van der Waals surface area contributed by atoms with Crippen LogP contribution in [0.25, 0.3) is 0 Å². The highest BCUT2D eigenvalue weighted by atomic mass is 35.5. The number of ether oxygens (including phenoxy) is 1. The van der Waals surface area contributed by atoms with Crippen LogP contribution in [-0.4, -0.2) is 34.2 Å². The van der Waals surface area contributed by atoms with E-state index in [1.165, 1.54) is 0 Å². The molecule has 25 heavy (non-hydrogen) atoms. The van der Waals surface area contributed by atoms with Gasteiger partial charge >= 0.3 is 0 Å². The average Bonchev–Trinajstić information content (AvgIpc) is 3.05. The van der Waals surface area contributed by atoms with Crippen molar-refractivity contribution in [3.8, 4) is 0 Å². The topological polar surface area (TPSA) is 77.4 Å². The first kappa shape index (κ1) is 20.4. The fraction of sp³-hybridized carbons (Fsp3) is 0.500. The Bertz CT molecular complexity index is 675. The highest BCUT2D eigenvalue weighted by Gasteiger charge is 2.21. The van der Waals surface area contributed by atoms with Gasteiger partial charge in [-0.3, -0.25) is 4.90 Å². The lowest BCUT2D eigenvalue weighted by Gasteiger charge is -2.31. The number of nitrogens with two attached hydrogens (primary N) is 1. The fourth-order valence-corrected chi connectivity index (χ4v) is 3.04. The van der Waals surface area contributed by atoms with E-state index in [0.717, 1.165) is 31.5 Å². The average molecular weight is 408 g/mol. The van der Waals surface area contributed by atoms with Gasteiger partial charge in [0.1, 0.15) is 0 Å². The Labute approximate surface area is 163 Å². The van der Waals surface area contributed by atoms with Crippen molar-refractivity contribution in [3.63, 3.8) is 0 Å². The molecule has 0 amide bonds. The maximum atomic E-state index is 6.02. The molecule has 2 heterocycles. The number of likely N-dealkylation sites (tertiary alicyclic amines) is 1. The summed E-state index contributed by atoms with van der Waals surface area (Å²) < 4.78 is 11.0. The zero-order valence-electron chi connectivity index (χ0n) is 13.7. The summed E-state index contributed by atoms with van der Waals surface area (Å²) in [6.45, 7) is 3.39. The molecule has 6 nitrogen and oxygen atoms in total. The van der Waals surface area contributed by atoms with E-state index in [0.29, 0.717) is 34.9 Å². The van der Waals surface area contributed by atoms with Gasteiger partial charge in [0.25, 0.3) is 0 Å². The molecule has 1 aliphatic heterocycles. The number of piperidine rings is 1. The molecule has 0 saturated carbocycles. The van der Waals surface area contributed by atoms with E-state index < -0.39 is 0 Å². The Morgan fingerprint density at radius 2 is 2.00 bits per heavy atom. The molecule has 138 valence electrons. The zero-order chi connectivity index (χ0) is 16.9. The molecule has 1 aromatic carbocycles. The molecule has 1 aromatic heterocycles. The van der Waals surface area contributed by atoms with Crippen molar-refractivity contribution in [1.82, 2.24) is 15.0 Å². The van der Waals surface area contributed by atoms with Crippen LogP contribution in [0, 0.1) is 0 Å². The number of halogens is 3. The molecule has 3 rings (SSSR count). The molecule has 0 radical (unpaired) electrons. The number of hydrogen-bond donors (Lipinski definition) is 1. The summed E-state index contributed by atoms with van der Waals surface area (Å²) in [6, 6.07) is 5.59. The van der Waals surface area contributed by atoms with Crippen molar-refractivity contribution in [1.29, 1.82) is 0 Å². The first-order chi connectivity index (χ1) is 11.6. The second-order valence-corrected chi connectivity index (χ2v) is 6.66. The van der Waals surface area contributed by atoms with Gasteiger partial charge in [0, 0.05) is 13.1 Å². The van der Waals surface area contributed by atoms with Crippen LogP contribution in [0.3, 0.4) is 0 Å². The maximum absolute atomic E-state index is 6.02. The first-order valence-corrected chi connectivity index (χ1v) is 8.69. The van der Waals surface area contributed by atoms with Gasteiger partial charge in [0.15, 0.2) is 5.82 Å². The third-order valence-electron chi connectivity index (χ3n) is 4.05. The standard InChI is InChI=1S/C16H20Cl2N4O2.ClH/c17-13-2-1-11(7-14(13)18)10-23-12-3-5-22(6-4-12)9-15-20-16(8-19)24-21-15;/h1-2,7,12H,3-6,8-10,19H2;1H. The lowest BCUT2D eigenvalue weighted by Crippen LogP contribution is -2.36. The van der Waals surface area contributed by atoms with Gasteiger partial charge in [0.2, 0.25) is 5.89 Å². The predicted molar refractivity (Wildman–Crippen MR) is 99.0 cm³/mol. The molecule has 0 bridgehead atoms. The quantitative estimate of drug-likeness (QED) is 0.790. The largest absolute Gasteiger partial charge is 0.373 e. The summed E-state index contributed by atoms with van der Waals surface area (Å²) in [5.74, 6) is 1.16. The molecular formula is C16H21Cl3N4O2. The highest BCUT2D eigenvalue weighted by Crippen LogP contribution is 2.24. The second kappa shape index (κ2) is 9.71. The Balaban J connectivity index is 0.00000225. The minimum absolute atomic E-state index is 0. The summed E-state index contributed by atoms with van der Waals surface area (Å²) in [5, 5.41) is 5.05. The van der Waals surface area contributed by atoms with Crippen LogP contribution in [0.4, 0.5) is 0 Å². The Hall–Kier alpha value is -0.890. The molecular weight excluding hydrogens is 387 g/mol. The van der Waals surface area contributed by atoms with Crippen molar-refractivity contribution in [2.75, 3.05) is 13.1 Å². The van der Waals surface area contributed by atoms with Crippen LogP contribution in [0.15, 0.2) is 22.7 Å². The van der Waals surface area contributed by atoms with Crippen molar-refractivity contribution in [2.24, 2.45) is 5.73 Å². The van der Waals surface area contributed by atoms with Crippen LogP contribution < -0.4 is 5.73 Å². The minimum atomic E-state index is 0. The van der Waals surface area contributed by atoms with E-state index in [-0.39, 0.29) is 25.1 Å². The van der Waals surface area contributed by atoms with Gasteiger partial charge < -0.3 is 15.0 Å². The molecule has 0 spiro atoms. The third kappa shape index (κ3) is 5.81. The van der Waals surface area contributed by atoms with Crippen LogP contribution >= 0.6 is 35.6 Å². The lowest BCUT2D eigenvalue weighted by atomic mass is 10.1. The molecule has 1 saturated heterocycles. The summed E-state index contributed by atoms with van der Waals surface area (Å²) >= 11 is 11.9. The van der Waals surface area contributed by atoms with E-state index in [1.54, 1.807) is 6.07 Å². The van der Waals surface area contributed by atoms with E-state index in [1.807, 2.05) is 12.1 Å². The van der Waals surface area contributed by atoms with Gasteiger partial charge in [-0.05, 0) is 30.5 Å². The number of hydrogen-bond acceptors (Lipinski definition) is 6. The van der Waals surface area contributed by atoms with E-state index in [9.17, 15) is 0 Å². The number of nitrogens with zero attached hydrogens (tertiary/aromatic N) is 3. The van der Waals surface area contributed by atoms with Gasteiger partial charge in [0.05, 0.1) is 35.8 Å². The summed E-state index contributed by atoms with van der Waals surface area (Å²) in [4.78, 5) is 6.53. The van der Waals surface area contributed by atoms with Gasteiger partial charge in [-0.2, -0.15) is 4.98 Å². The van der Waals surface area contributed by atoms with E-state index in [2.05, 4.69) is 15.0 Å². The van der Waals surface area contributed by atoms with E-state index in [4.69, 9.17) is 38.2 Å². The molecule has 2 aromatic rings. The molecule has 1 fully saturated rings. The second-order valence-electron chi connectivity index (χ2n) is 5.84. The van der Waals surface area contributed by atoms with Crippen molar-refractivity contribution in [2.45, 2.75) is 38.6 Å². The number of aromatic nitrogens is 2. The monoisotopic (exact) mass is 406 g/mol. The molecule has 0 atom stereocenters. The molecule has 9 heteroatoms. The van der Waals surface area contributed by atoms with Gasteiger partial charge in [-0.15, -0.1) is 12.4 Å². The highest BCUT2D eigenvalue weighted by molar-refractivity contribution is 6.42. The SMILES string of the molecule is Cl.NCc1nc(CN2CCC(OCc3ccc(Cl)c(Cl)c3)CC2)no1. The van der Waals surface area contributed by atoms with Crippen molar-refractivity contribution in [3.05, 3.63) is 45.5 Å². The van der Waals surface area contributed by atoms with Crippen LogP contribution in [0.5, 0.6) is 0 Å². The Morgan fingerprint density at radius 1 is 1.24 bits per heavy atom. The normalized spacial score (nSPS) is 16.0.